The Balaban J connectivity index is 1.99. The lowest BCUT2D eigenvalue weighted by molar-refractivity contribution is -0.137. The fraction of sp³-hybridized carbons (Fsp3) is 0.357. The fourth-order valence-corrected chi connectivity index (χ4v) is 1.81. The lowest BCUT2D eigenvalue weighted by Crippen LogP contribution is -2.11. The summed E-state index contributed by atoms with van der Waals surface area (Å²) in [5, 5.41) is 8.52. The summed E-state index contributed by atoms with van der Waals surface area (Å²) in [5.41, 5.74) is 1.56. The minimum Gasteiger partial charge on any atom is -0.494 e. The van der Waals surface area contributed by atoms with Crippen LogP contribution in [0.15, 0.2) is 23.0 Å². The Hall–Kier alpha value is -2.37. The lowest BCUT2D eigenvalue weighted by atomic mass is 10.2. The van der Waals surface area contributed by atoms with Crippen molar-refractivity contribution in [3.8, 4) is 5.75 Å². The smallest absolute Gasteiger partial charge is 0.303 e. The minimum atomic E-state index is -0.792. The Bertz CT molecular complexity index is 678. The van der Waals surface area contributed by atoms with E-state index in [4.69, 9.17) is 9.84 Å². The first-order chi connectivity index (χ1) is 9.56. The Labute approximate surface area is 115 Å². The molecule has 0 atom stereocenters. The first kappa shape index (κ1) is 14.0. The van der Waals surface area contributed by atoms with Crippen molar-refractivity contribution < 1.29 is 14.6 Å². The molecule has 0 saturated carbocycles. The van der Waals surface area contributed by atoms with Crippen molar-refractivity contribution in [3.63, 3.8) is 0 Å². The molecule has 6 nitrogen and oxygen atoms in total. The van der Waals surface area contributed by atoms with Gasteiger partial charge in [-0.15, -0.1) is 0 Å². The number of carboxylic acids is 1. The summed E-state index contributed by atoms with van der Waals surface area (Å²) in [6, 6.07) is 5.26. The van der Waals surface area contributed by atoms with E-state index in [1.54, 1.807) is 25.1 Å². The second-order valence-corrected chi connectivity index (χ2v) is 4.53. The number of fused-ring (bicyclic) bond motifs is 1. The van der Waals surface area contributed by atoms with Gasteiger partial charge in [-0.1, -0.05) is 0 Å². The number of H-pyrrole nitrogens is 1. The molecule has 0 unspecified atom stereocenters. The third-order valence-electron chi connectivity index (χ3n) is 2.89. The Morgan fingerprint density at radius 3 is 2.95 bits per heavy atom. The molecule has 0 aliphatic carbocycles. The summed E-state index contributed by atoms with van der Waals surface area (Å²) < 4.78 is 5.54. The summed E-state index contributed by atoms with van der Waals surface area (Å²) in [6.45, 7) is 2.11. The molecular formula is C14H16N2O4. The van der Waals surface area contributed by atoms with E-state index in [2.05, 4.69) is 9.97 Å². The second kappa shape index (κ2) is 6.18. The van der Waals surface area contributed by atoms with Crippen LogP contribution in [0, 0.1) is 6.92 Å². The average Bonchev–Trinajstić information content (AvgIpc) is 2.39. The van der Waals surface area contributed by atoms with Crippen LogP contribution in [-0.4, -0.2) is 27.7 Å². The number of benzene rings is 1. The number of ether oxygens (including phenoxy) is 1. The Kier molecular flexibility index (Phi) is 4.34. The monoisotopic (exact) mass is 276 g/mol. The first-order valence-electron chi connectivity index (χ1n) is 6.41. The lowest BCUT2D eigenvalue weighted by Gasteiger charge is -2.06. The van der Waals surface area contributed by atoms with Crippen molar-refractivity contribution in [1.29, 1.82) is 0 Å². The van der Waals surface area contributed by atoms with Crippen LogP contribution in [0.3, 0.4) is 0 Å². The van der Waals surface area contributed by atoms with Gasteiger partial charge in [0.05, 0.1) is 17.6 Å². The number of aromatic nitrogens is 2. The van der Waals surface area contributed by atoms with Crippen molar-refractivity contribution >= 4 is 17.0 Å². The van der Waals surface area contributed by atoms with Crippen molar-refractivity contribution in [2.24, 2.45) is 0 Å². The predicted molar refractivity (Wildman–Crippen MR) is 74.1 cm³/mol. The number of hydrogen-bond acceptors (Lipinski definition) is 4. The molecule has 0 bridgehead atoms. The summed E-state index contributed by atoms with van der Waals surface area (Å²) in [4.78, 5) is 28.7. The van der Waals surface area contributed by atoms with Gasteiger partial charge in [0.25, 0.3) is 5.56 Å². The Morgan fingerprint density at radius 1 is 1.40 bits per heavy atom. The van der Waals surface area contributed by atoms with Crippen LogP contribution in [-0.2, 0) is 4.79 Å². The van der Waals surface area contributed by atoms with Crippen LogP contribution < -0.4 is 10.3 Å². The summed E-state index contributed by atoms with van der Waals surface area (Å²) >= 11 is 0. The topological polar surface area (TPSA) is 92.3 Å². The molecule has 0 radical (unpaired) electrons. The number of carboxylic acid groups (broad SMARTS) is 1. The molecule has 2 rings (SSSR count). The van der Waals surface area contributed by atoms with Crippen LogP contribution in [0.4, 0.5) is 0 Å². The van der Waals surface area contributed by atoms with Gasteiger partial charge in [0.1, 0.15) is 11.4 Å². The zero-order valence-corrected chi connectivity index (χ0v) is 11.2. The average molecular weight is 276 g/mol. The number of aryl methyl sites for hydroxylation is 1. The number of nitrogens with one attached hydrogen (secondary N) is 1. The molecule has 2 aromatic rings. The molecule has 2 N–H and O–H groups in total. The van der Waals surface area contributed by atoms with Crippen LogP contribution in [0.25, 0.3) is 11.0 Å². The van der Waals surface area contributed by atoms with E-state index in [1.165, 1.54) is 0 Å². The third-order valence-corrected chi connectivity index (χ3v) is 2.89. The predicted octanol–water partition coefficient (Wildman–Crippen LogP) is 1.87. The molecule has 1 aromatic heterocycles. The number of rotatable bonds is 6. The minimum absolute atomic E-state index is 0.156. The third kappa shape index (κ3) is 3.57. The van der Waals surface area contributed by atoms with Gasteiger partial charge in [0.2, 0.25) is 0 Å². The SMILES string of the molecule is Cc1nc2cc(OCCCCC(=O)O)ccc2[nH]c1=O. The largest absolute Gasteiger partial charge is 0.494 e. The number of unbranched alkanes of at least 4 members (excludes halogenated alkanes) is 1. The number of nitrogens with zero attached hydrogens (tertiary/aromatic N) is 1. The van der Waals surface area contributed by atoms with Crippen molar-refractivity contribution in [3.05, 3.63) is 34.2 Å². The summed E-state index contributed by atoms with van der Waals surface area (Å²) in [6.07, 6.45) is 1.43. The normalized spacial score (nSPS) is 10.7. The molecule has 0 spiro atoms. The first-order valence-corrected chi connectivity index (χ1v) is 6.41. The molecule has 0 amide bonds. The van der Waals surface area contributed by atoms with E-state index >= 15 is 0 Å². The van der Waals surface area contributed by atoms with E-state index in [-0.39, 0.29) is 12.0 Å². The van der Waals surface area contributed by atoms with Crippen molar-refractivity contribution in [1.82, 2.24) is 9.97 Å². The fourth-order valence-electron chi connectivity index (χ4n) is 1.81. The molecule has 106 valence electrons. The van der Waals surface area contributed by atoms with Gasteiger partial charge in [-0.3, -0.25) is 9.59 Å². The van der Waals surface area contributed by atoms with Gasteiger partial charge in [0.15, 0.2) is 0 Å². The van der Waals surface area contributed by atoms with Crippen LogP contribution >= 0.6 is 0 Å². The zero-order chi connectivity index (χ0) is 14.5. The number of aromatic amines is 1. The molecule has 1 heterocycles. The van der Waals surface area contributed by atoms with Gasteiger partial charge in [0, 0.05) is 12.5 Å². The maximum atomic E-state index is 11.4. The van der Waals surface area contributed by atoms with E-state index in [1.807, 2.05) is 0 Å². The van der Waals surface area contributed by atoms with Crippen LogP contribution in [0.2, 0.25) is 0 Å². The number of carbonyl (C=O) groups is 1. The van der Waals surface area contributed by atoms with Gasteiger partial charge in [-0.2, -0.15) is 0 Å². The van der Waals surface area contributed by atoms with E-state index < -0.39 is 5.97 Å². The Morgan fingerprint density at radius 2 is 2.20 bits per heavy atom. The second-order valence-electron chi connectivity index (χ2n) is 4.53. The van der Waals surface area contributed by atoms with Gasteiger partial charge in [-0.25, -0.2) is 4.98 Å². The zero-order valence-electron chi connectivity index (χ0n) is 11.2. The highest BCUT2D eigenvalue weighted by Gasteiger charge is 2.03. The molecule has 6 heteroatoms. The highest BCUT2D eigenvalue weighted by molar-refractivity contribution is 5.75. The molecule has 0 aliphatic heterocycles. The number of hydrogen-bond donors (Lipinski definition) is 2. The quantitative estimate of drug-likeness (QED) is 0.786. The van der Waals surface area contributed by atoms with Gasteiger partial charge >= 0.3 is 5.97 Å². The van der Waals surface area contributed by atoms with Crippen molar-refractivity contribution in [2.75, 3.05) is 6.61 Å². The molecule has 1 aromatic carbocycles. The highest BCUT2D eigenvalue weighted by Crippen LogP contribution is 2.17. The van der Waals surface area contributed by atoms with E-state index in [0.717, 1.165) is 0 Å². The van der Waals surface area contributed by atoms with Crippen molar-refractivity contribution in [2.45, 2.75) is 26.2 Å². The maximum Gasteiger partial charge on any atom is 0.303 e. The molecule has 0 fully saturated rings. The summed E-state index contributed by atoms with van der Waals surface area (Å²) in [7, 11) is 0. The van der Waals surface area contributed by atoms with Gasteiger partial charge in [-0.05, 0) is 31.9 Å². The molecular weight excluding hydrogens is 260 g/mol. The highest BCUT2D eigenvalue weighted by atomic mass is 16.5. The summed E-state index contributed by atoms with van der Waals surface area (Å²) in [5.74, 6) is -0.133. The van der Waals surface area contributed by atoms with Crippen LogP contribution in [0.1, 0.15) is 25.0 Å². The molecule has 0 aliphatic rings. The van der Waals surface area contributed by atoms with Gasteiger partial charge < -0.3 is 14.8 Å². The number of aliphatic carboxylic acids is 1. The standard InChI is InChI=1S/C14H16N2O4/c1-9-14(19)16-11-6-5-10(8-12(11)15-9)20-7-3-2-4-13(17)18/h5-6,8H,2-4,7H2,1H3,(H,16,19)(H,17,18). The van der Waals surface area contributed by atoms with E-state index in [9.17, 15) is 9.59 Å². The van der Waals surface area contributed by atoms with Crippen LogP contribution in [0.5, 0.6) is 5.75 Å². The molecule has 20 heavy (non-hydrogen) atoms. The maximum absolute atomic E-state index is 11.4. The van der Waals surface area contributed by atoms with E-state index in [0.29, 0.717) is 41.9 Å². The molecule has 0 saturated heterocycles.